The lowest BCUT2D eigenvalue weighted by Gasteiger charge is -2.35. The zero-order chi connectivity index (χ0) is 22.8. The number of nitrogens with zero attached hydrogens (tertiary/aromatic N) is 3. The van der Waals surface area contributed by atoms with E-state index in [0.717, 1.165) is 29.5 Å². The molecule has 6 nitrogen and oxygen atoms in total. The van der Waals surface area contributed by atoms with Crippen LogP contribution in [0.2, 0.25) is 0 Å². The number of halogens is 1. The highest BCUT2D eigenvalue weighted by atomic mass is 19.1. The zero-order valence-corrected chi connectivity index (χ0v) is 18.1. The van der Waals surface area contributed by atoms with Gasteiger partial charge >= 0.3 is 6.09 Å². The maximum absolute atomic E-state index is 12.3. The average molecular weight is 438 g/mol. The van der Waals surface area contributed by atoms with E-state index < -0.39 is 0 Å². The molecule has 2 heterocycles. The first-order valence-electron chi connectivity index (χ1n) is 10.7. The molecule has 4 rings (SSSR count). The van der Waals surface area contributed by atoms with Crippen LogP contribution in [0.15, 0.2) is 73.3 Å². The Kier molecular flexibility index (Phi) is 8.69. The molecule has 0 spiro atoms. The largest absolute Gasteiger partial charge is 0.446 e. The Morgan fingerprint density at radius 2 is 1.78 bits per heavy atom. The average Bonchev–Trinajstić information content (AvgIpc) is 2.84. The summed E-state index contributed by atoms with van der Waals surface area (Å²) >= 11 is 0. The molecule has 2 aromatic carbocycles. The molecule has 1 saturated heterocycles. The van der Waals surface area contributed by atoms with E-state index in [2.05, 4.69) is 9.97 Å². The van der Waals surface area contributed by atoms with E-state index >= 15 is 0 Å². The fourth-order valence-electron chi connectivity index (χ4n) is 3.51. The smallest absolute Gasteiger partial charge is 0.410 e. The van der Waals surface area contributed by atoms with Gasteiger partial charge in [0.05, 0.1) is 6.04 Å². The van der Waals surface area contributed by atoms with Crippen molar-refractivity contribution in [3.63, 3.8) is 0 Å². The van der Waals surface area contributed by atoms with E-state index in [1.807, 2.05) is 31.2 Å². The SMILES string of the molecule is CC(c1ccc(-c2cncnc2)cc1)N1CCC(CCCO)OC1=O.Fc1ccccc1. The quantitative estimate of drug-likeness (QED) is 0.586. The minimum atomic E-state index is -0.276. The molecule has 0 aliphatic carbocycles. The molecule has 1 aromatic heterocycles. The van der Waals surface area contributed by atoms with Crippen LogP contribution in [0.3, 0.4) is 0 Å². The molecule has 1 N–H and O–H groups in total. The van der Waals surface area contributed by atoms with Crippen LogP contribution in [0.25, 0.3) is 11.1 Å². The van der Waals surface area contributed by atoms with Gasteiger partial charge in [0.25, 0.3) is 0 Å². The summed E-state index contributed by atoms with van der Waals surface area (Å²) in [5.41, 5.74) is 3.07. The summed E-state index contributed by atoms with van der Waals surface area (Å²) in [6.07, 6.45) is 6.90. The van der Waals surface area contributed by atoms with Crippen LogP contribution >= 0.6 is 0 Å². The van der Waals surface area contributed by atoms with Crippen molar-refractivity contribution in [2.75, 3.05) is 13.2 Å². The second-order valence-electron chi connectivity index (χ2n) is 7.57. The Morgan fingerprint density at radius 1 is 1.09 bits per heavy atom. The summed E-state index contributed by atoms with van der Waals surface area (Å²) in [5.74, 6) is -0.178. The molecule has 168 valence electrons. The van der Waals surface area contributed by atoms with Crippen LogP contribution < -0.4 is 0 Å². The second-order valence-corrected chi connectivity index (χ2v) is 7.57. The number of hydrogen-bond donors (Lipinski definition) is 1. The summed E-state index contributed by atoms with van der Waals surface area (Å²) in [6.45, 7) is 2.81. The summed E-state index contributed by atoms with van der Waals surface area (Å²) in [7, 11) is 0. The number of cyclic esters (lactones) is 1. The van der Waals surface area contributed by atoms with Crippen molar-refractivity contribution in [2.45, 2.75) is 38.3 Å². The summed E-state index contributed by atoms with van der Waals surface area (Å²) in [4.78, 5) is 22.1. The van der Waals surface area contributed by atoms with E-state index in [0.29, 0.717) is 13.0 Å². The molecule has 1 aliphatic rings. The maximum atomic E-state index is 12.3. The molecule has 1 fully saturated rings. The van der Waals surface area contributed by atoms with Gasteiger partial charge in [0, 0.05) is 37.5 Å². The number of amides is 1. The Hall–Kier alpha value is -3.32. The molecule has 3 aromatic rings. The molecule has 0 saturated carbocycles. The van der Waals surface area contributed by atoms with E-state index in [4.69, 9.17) is 9.84 Å². The Bertz CT molecular complexity index is 955. The third kappa shape index (κ3) is 6.59. The number of ether oxygens (including phenoxy) is 1. The highest BCUT2D eigenvalue weighted by Gasteiger charge is 2.30. The molecular formula is C25H28FN3O3. The third-order valence-corrected chi connectivity index (χ3v) is 5.37. The minimum absolute atomic E-state index is 0.0487. The highest BCUT2D eigenvalue weighted by molar-refractivity contribution is 5.69. The Labute approximate surface area is 187 Å². The predicted molar refractivity (Wildman–Crippen MR) is 120 cm³/mol. The molecule has 0 radical (unpaired) electrons. The van der Waals surface area contributed by atoms with Gasteiger partial charge in [-0.1, -0.05) is 42.5 Å². The summed E-state index contributed by atoms with van der Waals surface area (Å²) < 4.78 is 17.4. The standard InChI is InChI=1S/C19H23N3O3.C6H5F/c1-14(22-9-8-18(3-2-10-23)25-19(22)24)15-4-6-16(7-5-15)17-11-20-13-21-12-17;7-6-4-2-1-3-5-6/h4-7,11-14,18,23H,2-3,8-10H2,1H3;1-5H. The van der Waals surface area contributed by atoms with Crippen molar-refractivity contribution in [1.82, 2.24) is 14.9 Å². The Balaban J connectivity index is 0.000000352. The fourth-order valence-corrected chi connectivity index (χ4v) is 3.51. The molecule has 1 amide bonds. The van der Waals surface area contributed by atoms with Gasteiger partial charge in [0.2, 0.25) is 0 Å². The molecular weight excluding hydrogens is 409 g/mol. The topological polar surface area (TPSA) is 75.6 Å². The lowest BCUT2D eigenvalue weighted by atomic mass is 10.0. The van der Waals surface area contributed by atoms with E-state index in [-0.39, 0.29) is 30.7 Å². The Morgan fingerprint density at radius 3 is 2.34 bits per heavy atom. The van der Waals surface area contributed by atoms with E-state index in [1.165, 1.54) is 18.5 Å². The van der Waals surface area contributed by atoms with Crippen molar-refractivity contribution in [3.8, 4) is 11.1 Å². The molecule has 1 aliphatic heterocycles. The lowest BCUT2D eigenvalue weighted by Crippen LogP contribution is -2.43. The number of hydrogen-bond acceptors (Lipinski definition) is 5. The predicted octanol–water partition coefficient (Wildman–Crippen LogP) is 5.01. The number of carbonyl (C=O) groups excluding carboxylic acids is 1. The van der Waals surface area contributed by atoms with Crippen molar-refractivity contribution in [3.05, 3.63) is 84.7 Å². The van der Waals surface area contributed by atoms with Crippen LogP contribution in [0.1, 0.15) is 37.8 Å². The number of rotatable bonds is 6. The van der Waals surface area contributed by atoms with Crippen molar-refractivity contribution >= 4 is 6.09 Å². The normalized spacial score (nSPS) is 16.5. The van der Waals surface area contributed by atoms with Gasteiger partial charge in [0.1, 0.15) is 18.2 Å². The van der Waals surface area contributed by atoms with Gasteiger partial charge in [0.15, 0.2) is 0 Å². The van der Waals surface area contributed by atoms with Crippen LogP contribution in [0.4, 0.5) is 9.18 Å². The molecule has 32 heavy (non-hydrogen) atoms. The van der Waals surface area contributed by atoms with Crippen LogP contribution in [0.5, 0.6) is 0 Å². The van der Waals surface area contributed by atoms with E-state index in [1.54, 1.807) is 35.5 Å². The van der Waals surface area contributed by atoms with Gasteiger partial charge in [-0.25, -0.2) is 19.2 Å². The number of aromatic nitrogens is 2. The van der Waals surface area contributed by atoms with Gasteiger partial charge in [-0.2, -0.15) is 0 Å². The third-order valence-electron chi connectivity index (χ3n) is 5.37. The van der Waals surface area contributed by atoms with Crippen LogP contribution in [-0.4, -0.2) is 45.3 Å². The summed E-state index contributed by atoms with van der Waals surface area (Å²) in [5, 5.41) is 8.90. The van der Waals surface area contributed by atoms with Crippen molar-refractivity contribution in [1.29, 1.82) is 0 Å². The molecule has 2 atom stereocenters. The maximum Gasteiger partial charge on any atom is 0.410 e. The summed E-state index contributed by atoms with van der Waals surface area (Å²) in [6, 6.07) is 16.0. The number of aliphatic hydroxyl groups excluding tert-OH is 1. The first-order valence-corrected chi connectivity index (χ1v) is 10.7. The first-order chi connectivity index (χ1) is 15.6. The van der Waals surface area contributed by atoms with Gasteiger partial charge < -0.3 is 14.7 Å². The minimum Gasteiger partial charge on any atom is -0.446 e. The number of carbonyl (C=O) groups is 1. The van der Waals surface area contributed by atoms with Gasteiger partial charge in [-0.05, 0) is 43.0 Å². The number of benzene rings is 2. The monoisotopic (exact) mass is 437 g/mol. The molecule has 0 bridgehead atoms. The van der Waals surface area contributed by atoms with Crippen molar-refractivity contribution < 1.29 is 19.0 Å². The number of aliphatic hydroxyl groups is 1. The second kappa shape index (κ2) is 11.9. The first kappa shape index (κ1) is 23.3. The lowest BCUT2D eigenvalue weighted by molar-refractivity contribution is 0.00760. The molecule has 7 heteroatoms. The van der Waals surface area contributed by atoms with Crippen molar-refractivity contribution in [2.24, 2.45) is 0 Å². The van der Waals surface area contributed by atoms with Crippen LogP contribution in [-0.2, 0) is 4.74 Å². The van der Waals surface area contributed by atoms with Gasteiger partial charge in [-0.3, -0.25) is 0 Å². The zero-order valence-electron chi connectivity index (χ0n) is 18.1. The fraction of sp³-hybridized carbons (Fsp3) is 0.320. The van der Waals surface area contributed by atoms with E-state index in [9.17, 15) is 9.18 Å². The highest BCUT2D eigenvalue weighted by Crippen LogP contribution is 2.28. The van der Waals surface area contributed by atoms with Crippen LogP contribution in [0, 0.1) is 5.82 Å². The van der Waals surface area contributed by atoms with Gasteiger partial charge in [-0.15, -0.1) is 0 Å². The molecule has 2 unspecified atom stereocenters.